The summed E-state index contributed by atoms with van der Waals surface area (Å²) in [5.41, 5.74) is 0.683. The normalized spacial score (nSPS) is 21.3. The number of nitrogens with one attached hydrogen (secondary N) is 2. The lowest BCUT2D eigenvalue weighted by atomic mass is 10.0. The Labute approximate surface area is 143 Å². The molecule has 2 N–H and O–H groups in total. The predicted molar refractivity (Wildman–Crippen MR) is 93.8 cm³/mol. The number of rotatable bonds is 3. The molecule has 0 saturated carbocycles. The van der Waals surface area contributed by atoms with Crippen LogP contribution in [0.15, 0.2) is 42.5 Å². The molecular weight excluding hydrogens is 302 g/mol. The Morgan fingerprint density at radius 3 is 2.33 bits per heavy atom. The lowest BCUT2D eigenvalue weighted by Crippen LogP contribution is -2.51. The van der Waals surface area contributed by atoms with E-state index in [-0.39, 0.29) is 24.0 Å². The lowest BCUT2D eigenvalue weighted by molar-refractivity contribution is 0.0917. The van der Waals surface area contributed by atoms with Gasteiger partial charge in [-0.15, -0.1) is 0 Å². The van der Waals surface area contributed by atoms with Crippen molar-refractivity contribution in [1.82, 2.24) is 15.5 Å². The van der Waals surface area contributed by atoms with Gasteiger partial charge in [0.2, 0.25) is 0 Å². The van der Waals surface area contributed by atoms with E-state index in [9.17, 15) is 9.59 Å². The van der Waals surface area contributed by atoms with Gasteiger partial charge in [0.15, 0.2) is 0 Å². The number of allylic oxidation sites excluding steroid dienone is 1. The first-order chi connectivity index (χ1) is 11.7. The fourth-order valence-corrected chi connectivity index (χ4v) is 3.28. The van der Waals surface area contributed by atoms with Gasteiger partial charge in [-0.05, 0) is 44.2 Å². The fraction of sp³-hybridized carbons (Fsp3) is 0.474. The number of nitrogens with zero attached hydrogens (tertiary/aromatic N) is 1. The van der Waals surface area contributed by atoms with E-state index in [1.54, 1.807) is 0 Å². The van der Waals surface area contributed by atoms with Crippen molar-refractivity contribution in [2.75, 3.05) is 13.1 Å². The third kappa shape index (κ3) is 4.37. The molecule has 0 spiro atoms. The molecule has 24 heavy (non-hydrogen) atoms. The highest BCUT2D eigenvalue weighted by Crippen LogP contribution is 2.14. The quantitative estimate of drug-likeness (QED) is 0.839. The Balaban J connectivity index is 1.43. The van der Waals surface area contributed by atoms with E-state index in [1.165, 1.54) is 0 Å². The molecule has 2 aliphatic rings. The van der Waals surface area contributed by atoms with Gasteiger partial charge in [-0.3, -0.25) is 4.79 Å². The van der Waals surface area contributed by atoms with Crippen molar-refractivity contribution in [1.29, 1.82) is 0 Å². The summed E-state index contributed by atoms with van der Waals surface area (Å²) in [6.07, 6.45) is 8.90. The van der Waals surface area contributed by atoms with Crippen molar-refractivity contribution in [3.63, 3.8) is 0 Å². The van der Waals surface area contributed by atoms with Crippen molar-refractivity contribution in [2.45, 2.75) is 44.2 Å². The van der Waals surface area contributed by atoms with Crippen LogP contribution in [0.5, 0.6) is 0 Å². The van der Waals surface area contributed by atoms with Crippen molar-refractivity contribution >= 4 is 11.9 Å². The van der Waals surface area contributed by atoms with E-state index in [2.05, 4.69) is 22.8 Å². The van der Waals surface area contributed by atoms with Crippen LogP contribution in [0.25, 0.3) is 0 Å². The monoisotopic (exact) mass is 327 g/mol. The second-order valence-electron chi connectivity index (χ2n) is 6.53. The third-order valence-electron chi connectivity index (χ3n) is 4.75. The first-order valence-corrected chi connectivity index (χ1v) is 8.79. The number of urea groups is 1. The fourth-order valence-electron chi connectivity index (χ4n) is 3.28. The molecule has 5 nitrogen and oxygen atoms in total. The standard InChI is InChI=1S/C19H25N3O2/c23-18(15-7-3-1-4-8-15)20-17-11-13-22(14-12-17)19(24)21-16-9-5-2-6-10-16/h1-5,7-8,16-17H,6,9-14H2,(H,20,23)(H,21,24)/t16-/m1/s1. The number of piperidine rings is 1. The maximum absolute atomic E-state index is 12.3. The van der Waals surface area contributed by atoms with E-state index < -0.39 is 0 Å². The number of benzene rings is 1. The van der Waals surface area contributed by atoms with E-state index in [0.717, 1.165) is 32.1 Å². The first-order valence-electron chi connectivity index (χ1n) is 8.79. The van der Waals surface area contributed by atoms with Gasteiger partial charge in [0.05, 0.1) is 0 Å². The largest absolute Gasteiger partial charge is 0.349 e. The molecule has 0 unspecified atom stereocenters. The molecule has 1 fully saturated rings. The highest BCUT2D eigenvalue weighted by molar-refractivity contribution is 5.94. The van der Waals surface area contributed by atoms with Crippen LogP contribution in [0, 0.1) is 0 Å². The number of likely N-dealkylation sites (tertiary alicyclic amines) is 1. The summed E-state index contributed by atoms with van der Waals surface area (Å²) < 4.78 is 0. The summed E-state index contributed by atoms with van der Waals surface area (Å²) in [5, 5.41) is 6.19. The van der Waals surface area contributed by atoms with Gasteiger partial charge in [-0.1, -0.05) is 30.4 Å². The Morgan fingerprint density at radius 1 is 0.917 bits per heavy atom. The molecule has 0 radical (unpaired) electrons. The molecule has 0 aromatic heterocycles. The van der Waals surface area contributed by atoms with Crippen LogP contribution in [-0.4, -0.2) is 42.0 Å². The Kier molecular flexibility index (Phi) is 5.51. The second-order valence-corrected chi connectivity index (χ2v) is 6.53. The zero-order valence-corrected chi connectivity index (χ0v) is 13.9. The summed E-state index contributed by atoms with van der Waals surface area (Å²) in [6.45, 7) is 1.38. The average molecular weight is 327 g/mol. The molecule has 1 heterocycles. The Bertz CT molecular complexity index is 592. The summed E-state index contributed by atoms with van der Waals surface area (Å²) in [4.78, 5) is 26.4. The van der Waals surface area contributed by atoms with Crippen LogP contribution < -0.4 is 10.6 Å². The van der Waals surface area contributed by atoms with Crippen LogP contribution in [0.4, 0.5) is 4.79 Å². The van der Waals surface area contributed by atoms with E-state index >= 15 is 0 Å². The molecular formula is C19H25N3O2. The van der Waals surface area contributed by atoms with Crippen molar-refractivity contribution in [3.05, 3.63) is 48.0 Å². The van der Waals surface area contributed by atoms with Crippen LogP contribution >= 0.6 is 0 Å². The topological polar surface area (TPSA) is 61.4 Å². The number of hydrogen-bond acceptors (Lipinski definition) is 2. The van der Waals surface area contributed by atoms with Gasteiger partial charge in [0.1, 0.15) is 0 Å². The molecule has 1 aliphatic heterocycles. The van der Waals surface area contributed by atoms with E-state index in [4.69, 9.17) is 0 Å². The van der Waals surface area contributed by atoms with Crippen LogP contribution in [0.1, 0.15) is 42.5 Å². The zero-order valence-electron chi connectivity index (χ0n) is 13.9. The van der Waals surface area contributed by atoms with Gasteiger partial charge in [-0.2, -0.15) is 0 Å². The van der Waals surface area contributed by atoms with Crippen LogP contribution in [0.2, 0.25) is 0 Å². The highest BCUT2D eigenvalue weighted by Gasteiger charge is 2.25. The van der Waals surface area contributed by atoms with Gasteiger partial charge >= 0.3 is 6.03 Å². The molecule has 3 rings (SSSR count). The zero-order chi connectivity index (χ0) is 16.8. The number of hydrogen-bond donors (Lipinski definition) is 2. The summed E-state index contributed by atoms with van der Waals surface area (Å²) >= 11 is 0. The molecule has 5 heteroatoms. The third-order valence-corrected chi connectivity index (χ3v) is 4.75. The Morgan fingerprint density at radius 2 is 1.67 bits per heavy atom. The number of carbonyl (C=O) groups is 2. The molecule has 1 aromatic carbocycles. The van der Waals surface area contributed by atoms with E-state index in [1.807, 2.05) is 35.2 Å². The summed E-state index contributed by atoms with van der Waals surface area (Å²) in [6, 6.07) is 9.69. The molecule has 1 saturated heterocycles. The summed E-state index contributed by atoms with van der Waals surface area (Å²) in [5.74, 6) is -0.0347. The van der Waals surface area contributed by atoms with Crippen molar-refractivity contribution in [3.8, 4) is 0 Å². The molecule has 128 valence electrons. The maximum Gasteiger partial charge on any atom is 0.317 e. The average Bonchev–Trinajstić information content (AvgIpc) is 2.64. The molecule has 1 aromatic rings. The molecule has 3 amide bonds. The van der Waals surface area contributed by atoms with Crippen molar-refractivity contribution in [2.24, 2.45) is 0 Å². The predicted octanol–water partition coefficient (Wildman–Crippen LogP) is 2.70. The smallest absolute Gasteiger partial charge is 0.317 e. The SMILES string of the molecule is O=C(NC1CCN(C(=O)N[C@@H]2CC=CCC2)CC1)c1ccccc1. The highest BCUT2D eigenvalue weighted by atomic mass is 16.2. The minimum Gasteiger partial charge on any atom is -0.349 e. The van der Waals surface area contributed by atoms with Crippen LogP contribution in [-0.2, 0) is 0 Å². The second kappa shape index (κ2) is 7.99. The number of carbonyl (C=O) groups excluding carboxylic acids is 2. The van der Waals surface area contributed by atoms with E-state index in [0.29, 0.717) is 18.7 Å². The number of amides is 3. The van der Waals surface area contributed by atoms with Gasteiger partial charge in [0, 0.05) is 30.7 Å². The first kappa shape index (κ1) is 16.6. The maximum atomic E-state index is 12.3. The van der Waals surface area contributed by atoms with Gasteiger partial charge < -0.3 is 15.5 Å². The minimum atomic E-state index is -0.0347. The molecule has 0 bridgehead atoms. The molecule has 1 aliphatic carbocycles. The van der Waals surface area contributed by atoms with Gasteiger partial charge in [-0.25, -0.2) is 4.79 Å². The van der Waals surface area contributed by atoms with Crippen LogP contribution in [0.3, 0.4) is 0 Å². The van der Waals surface area contributed by atoms with Gasteiger partial charge in [0.25, 0.3) is 5.91 Å². The minimum absolute atomic E-state index is 0.0307. The lowest BCUT2D eigenvalue weighted by Gasteiger charge is -2.33. The van der Waals surface area contributed by atoms with Crippen molar-refractivity contribution < 1.29 is 9.59 Å². The summed E-state index contributed by atoms with van der Waals surface area (Å²) in [7, 11) is 0. The molecule has 1 atom stereocenters. The Hall–Kier alpha value is -2.30.